The number of aromatic nitrogens is 1. The van der Waals surface area contributed by atoms with Gasteiger partial charge in [0.1, 0.15) is 18.2 Å². The number of nitrogens with one attached hydrogen (secondary N) is 1. The summed E-state index contributed by atoms with van der Waals surface area (Å²) in [6.45, 7) is 0.990. The molecule has 0 amide bonds. The van der Waals surface area contributed by atoms with Crippen LogP contribution in [0.1, 0.15) is 5.56 Å². The van der Waals surface area contributed by atoms with Crippen molar-refractivity contribution in [2.75, 3.05) is 11.9 Å². The van der Waals surface area contributed by atoms with Gasteiger partial charge in [-0.3, -0.25) is 0 Å². The van der Waals surface area contributed by atoms with Gasteiger partial charge in [0.05, 0.1) is 4.47 Å². The predicted molar refractivity (Wildman–Crippen MR) is 80.0 cm³/mol. The normalized spacial score (nSPS) is 9.68. The molecule has 2 aromatic rings. The fourth-order valence-corrected chi connectivity index (χ4v) is 1.93. The number of rotatable bonds is 5. The van der Waals surface area contributed by atoms with Crippen molar-refractivity contribution in [3.63, 3.8) is 0 Å². The minimum Gasteiger partial charge on any atom is -0.481 e. The number of halogens is 1. The molecule has 2 rings (SSSR count). The molecule has 0 aliphatic carbocycles. The van der Waals surface area contributed by atoms with Crippen molar-refractivity contribution in [3.8, 4) is 18.1 Å². The molecule has 96 valence electrons. The SMILES string of the molecule is C#CCOc1ccc(CNc2ncccc2Br)cc1. The Labute approximate surface area is 121 Å². The van der Waals surface area contributed by atoms with Crippen molar-refractivity contribution < 1.29 is 4.74 Å². The summed E-state index contributed by atoms with van der Waals surface area (Å²) in [6.07, 6.45) is 6.89. The highest BCUT2D eigenvalue weighted by molar-refractivity contribution is 9.10. The molecule has 4 heteroatoms. The smallest absolute Gasteiger partial charge is 0.148 e. The molecule has 0 radical (unpaired) electrons. The van der Waals surface area contributed by atoms with E-state index in [9.17, 15) is 0 Å². The lowest BCUT2D eigenvalue weighted by molar-refractivity contribution is 0.370. The summed E-state index contributed by atoms with van der Waals surface area (Å²) in [7, 11) is 0. The van der Waals surface area contributed by atoms with Crippen LogP contribution < -0.4 is 10.1 Å². The van der Waals surface area contributed by atoms with Crippen LogP contribution in [0.5, 0.6) is 5.75 Å². The van der Waals surface area contributed by atoms with Crippen molar-refractivity contribution in [2.24, 2.45) is 0 Å². The molecule has 3 nitrogen and oxygen atoms in total. The van der Waals surface area contributed by atoms with E-state index >= 15 is 0 Å². The Hall–Kier alpha value is -1.99. The number of hydrogen-bond acceptors (Lipinski definition) is 3. The maximum atomic E-state index is 5.32. The highest BCUT2D eigenvalue weighted by atomic mass is 79.9. The molecule has 0 spiro atoms. The Bertz CT molecular complexity index is 575. The van der Waals surface area contributed by atoms with E-state index in [1.807, 2.05) is 36.4 Å². The maximum Gasteiger partial charge on any atom is 0.148 e. The Morgan fingerprint density at radius 1 is 1.26 bits per heavy atom. The number of terminal acetylenes is 1. The number of benzene rings is 1. The third-order valence-corrected chi connectivity index (χ3v) is 3.10. The van der Waals surface area contributed by atoms with Crippen LogP contribution in [0.3, 0.4) is 0 Å². The molecule has 0 bridgehead atoms. The summed E-state index contributed by atoms with van der Waals surface area (Å²) < 4.78 is 6.26. The summed E-state index contributed by atoms with van der Waals surface area (Å²) in [5, 5.41) is 3.26. The van der Waals surface area contributed by atoms with Crippen LogP contribution in [-0.2, 0) is 6.54 Å². The molecule has 1 heterocycles. The Morgan fingerprint density at radius 2 is 2.05 bits per heavy atom. The average molecular weight is 317 g/mol. The number of anilines is 1. The zero-order chi connectivity index (χ0) is 13.5. The molecule has 0 aliphatic heterocycles. The van der Waals surface area contributed by atoms with Crippen LogP contribution in [0.4, 0.5) is 5.82 Å². The van der Waals surface area contributed by atoms with E-state index in [1.165, 1.54) is 0 Å². The third kappa shape index (κ3) is 4.01. The topological polar surface area (TPSA) is 34.1 Å². The Kier molecular flexibility index (Phi) is 4.82. The predicted octanol–water partition coefficient (Wildman–Crippen LogP) is 3.47. The largest absolute Gasteiger partial charge is 0.481 e. The van der Waals surface area contributed by atoms with Gasteiger partial charge in [0, 0.05) is 12.7 Å². The first-order chi connectivity index (χ1) is 9.29. The first-order valence-electron chi connectivity index (χ1n) is 5.79. The molecular weight excluding hydrogens is 304 g/mol. The van der Waals surface area contributed by atoms with E-state index in [0.717, 1.165) is 21.6 Å². The fraction of sp³-hybridized carbons (Fsp3) is 0.133. The zero-order valence-corrected chi connectivity index (χ0v) is 11.9. The molecule has 19 heavy (non-hydrogen) atoms. The minimum absolute atomic E-state index is 0.290. The monoisotopic (exact) mass is 316 g/mol. The first kappa shape index (κ1) is 13.4. The third-order valence-electron chi connectivity index (χ3n) is 2.46. The highest BCUT2D eigenvalue weighted by Crippen LogP contribution is 2.19. The standard InChI is InChI=1S/C15H13BrN2O/c1-2-10-19-13-7-5-12(6-8-13)11-18-15-14(16)4-3-9-17-15/h1,3-9H,10-11H2,(H,17,18). The lowest BCUT2D eigenvalue weighted by Gasteiger charge is -2.08. The lowest BCUT2D eigenvalue weighted by atomic mass is 10.2. The molecule has 1 aromatic heterocycles. The maximum absolute atomic E-state index is 5.32. The van der Waals surface area contributed by atoms with E-state index in [2.05, 4.69) is 32.2 Å². The van der Waals surface area contributed by atoms with E-state index in [-0.39, 0.29) is 0 Å². The summed E-state index contributed by atoms with van der Waals surface area (Å²) in [4.78, 5) is 4.25. The van der Waals surface area contributed by atoms with Gasteiger partial charge < -0.3 is 10.1 Å². The van der Waals surface area contributed by atoms with Gasteiger partial charge in [0.15, 0.2) is 0 Å². The van der Waals surface area contributed by atoms with Gasteiger partial charge in [-0.25, -0.2) is 4.98 Å². The quantitative estimate of drug-likeness (QED) is 0.858. The van der Waals surface area contributed by atoms with Crippen molar-refractivity contribution in [1.29, 1.82) is 0 Å². The van der Waals surface area contributed by atoms with Crippen LogP contribution in [0.2, 0.25) is 0 Å². The van der Waals surface area contributed by atoms with E-state index < -0.39 is 0 Å². The van der Waals surface area contributed by atoms with Crippen molar-refractivity contribution in [2.45, 2.75) is 6.54 Å². The van der Waals surface area contributed by atoms with Crippen LogP contribution >= 0.6 is 15.9 Å². The van der Waals surface area contributed by atoms with Crippen LogP contribution in [0, 0.1) is 12.3 Å². The van der Waals surface area contributed by atoms with Gasteiger partial charge in [-0.2, -0.15) is 0 Å². The number of nitrogens with zero attached hydrogens (tertiary/aromatic N) is 1. The summed E-state index contributed by atoms with van der Waals surface area (Å²) in [6, 6.07) is 11.6. The molecule has 0 fully saturated rings. The molecular formula is C15H13BrN2O. The van der Waals surface area contributed by atoms with E-state index in [1.54, 1.807) is 6.20 Å². The number of hydrogen-bond donors (Lipinski definition) is 1. The zero-order valence-electron chi connectivity index (χ0n) is 10.3. The first-order valence-corrected chi connectivity index (χ1v) is 6.58. The average Bonchev–Trinajstić information content (AvgIpc) is 2.45. The van der Waals surface area contributed by atoms with E-state index in [4.69, 9.17) is 11.2 Å². The summed E-state index contributed by atoms with van der Waals surface area (Å²) >= 11 is 3.45. The summed E-state index contributed by atoms with van der Waals surface area (Å²) in [5.41, 5.74) is 1.14. The number of pyridine rings is 1. The molecule has 0 atom stereocenters. The van der Waals surface area contributed by atoms with Gasteiger partial charge >= 0.3 is 0 Å². The molecule has 0 aliphatic rings. The second-order valence-electron chi connectivity index (χ2n) is 3.82. The Morgan fingerprint density at radius 3 is 2.74 bits per heavy atom. The van der Waals surface area contributed by atoms with E-state index in [0.29, 0.717) is 13.2 Å². The van der Waals surface area contributed by atoms with Gasteiger partial charge in [-0.1, -0.05) is 18.1 Å². The van der Waals surface area contributed by atoms with Gasteiger partial charge in [-0.15, -0.1) is 6.42 Å². The number of ether oxygens (including phenoxy) is 1. The van der Waals surface area contributed by atoms with Crippen molar-refractivity contribution >= 4 is 21.7 Å². The molecule has 1 N–H and O–H groups in total. The highest BCUT2D eigenvalue weighted by Gasteiger charge is 2.00. The second kappa shape index (κ2) is 6.81. The van der Waals surface area contributed by atoms with Crippen molar-refractivity contribution in [3.05, 3.63) is 52.6 Å². The van der Waals surface area contributed by atoms with Crippen LogP contribution in [-0.4, -0.2) is 11.6 Å². The molecule has 1 aromatic carbocycles. The van der Waals surface area contributed by atoms with Crippen LogP contribution in [0.15, 0.2) is 47.1 Å². The minimum atomic E-state index is 0.290. The lowest BCUT2D eigenvalue weighted by Crippen LogP contribution is -2.02. The van der Waals surface area contributed by atoms with Gasteiger partial charge in [0.2, 0.25) is 0 Å². The van der Waals surface area contributed by atoms with Gasteiger partial charge in [-0.05, 0) is 45.8 Å². The summed E-state index contributed by atoms with van der Waals surface area (Å²) in [5.74, 6) is 4.04. The van der Waals surface area contributed by atoms with Gasteiger partial charge in [0.25, 0.3) is 0 Å². The van der Waals surface area contributed by atoms with Crippen LogP contribution in [0.25, 0.3) is 0 Å². The van der Waals surface area contributed by atoms with Crippen molar-refractivity contribution in [1.82, 2.24) is 4.98 Å². The fourth-order valence-electron chi connectivity index (χ4n) is 1.53. The molecule has 0 saturated heterocycles. The second-order valence-corrected chi connectivity index (χ2v) is 4.68. The molecule has 0 unspecified atom stereocenters. The molecule has 0 saturated carbocycles. The Balaban J connectivity index is 1.93.